The smallest absolute Gasteiger partial charge is 0.293 e. The molecule has 0 bridgehead atoms. The van der Waals surface area contributed by atoms with Crippen LogP contribution in [0.4, 0.5) is 11.5 Å². The number of carbonyl (C=O) groups excluding carboxylic acids is 1. The number of rotatable bonds is 7. The number of aryl methyl sites for hydroxylation is 1. The number of hydrogen-bond donors (Lipinski definition) is 1. The van der Waals surface area contributed by atoms with Crippen LogP contribution in [0.2, 0.25) is 0 Å². The third-order valence-corrected chi connectivity index (χ3v) is 3.21. The lowest BCUT2D eigenvalue weighted by Gasteiger charge is -2.17. The van der Waals surface area contributed by atoms with Crippen LogP contribution in [-0.2, 0) is 11.2 Å². The molecule has 0 saturated carbocycles. The monoisotopic (exact) mass is 304 g/mol. The van der Waals surface area contributed by atoms with Crippen molar-refractivity contribution in [2.75, 3.05) is 37.5 Å². The van der Waals surface area contributed by atoms with Crippen molar-refractivity contribution in [3.63, 3.8) is 0 Å². The van der Waals surface area contributed by atoms with Crippen LogP contribution in [0.5, 0.6) is 0 Å². The lowest BCUT2D eigenvalue weighted by molar-refractivity contribution is 0.0995. The van der Waals surface area contributed by atoms with Gasteiger partial charge in [-0.2, -0.15) is 0 Å². The van der Waals surface area contributed by atoms with Gasteiger partial charge in [0, 0.05) is 20.7 Å². The van der Waals surface area contributed by atoms with Crippen LogP contribution in [0.1, 0.15) is 23.2 Å². The van der Waals surface area contributed by atoms with Crippen LogP contribution in [0.3, 0.4) is 0 Å². The average Bonchev–Trinajstić information content (AvgIpc) is 3.02. The zero-order valence-electron chi connectivity index (χ0n) is 13.0. The van der Waals surface area contributed by atoms with Gasteiger partial charge in [0.2, 0.25) is 5.76 Å². The average molecular weight is 304 g/mol. The van der Waals surface area contributed by atoms with Gasteiger partial charge in [-0.3, -0.25) is 4.79 Å². The topological polar surface area (TPSA) is 80.5 Å². The fourth-order valence-corrected chi connectivity index (χ4v) is 1.92. The molecule has 0 radical (unpaired) electrons. The summed E-state index contributed by atoms with van der Waals surface area (Å²) in [5.41, 5.74) is 1.24. The van der Waals surface area contributed by atoms with E-state index in [0.29, 0.717) is 24.4 Å². The predicted molar refractivity (Wildman–Crippen MR) is 83.2 cm³/mol. The van der Waals surface area contributed by atoms with Gasteiger partial charge in [0.1, 0.15) is 5.82 Å². The van der Waals surface area contributed by atoms with E-state index in [4.69, 9.17) is 9.15 Å². The normalized spacial score (nSPS) is 10.5. The summed E-state index contributed by atoms with van der Waals surface area (Å²) in [7, 11) is 3.59. The molecule has 1 amide bonds. The Balaban J connectivity index is 2.00. The van der Waals surface area contributed by atoms with Gasteiger partial charge in [0.05, 0.1) is 24.2 Å². The van der Waals surface area contributed by atoms with E-state index < -0.39 is 0 Å². The Morgan fingerprint density at radius 3 is 2.86 bits per heavy atom. The van der Waals surface area contributed by atoms with E-state index in [-0.39, 0.29) is 11.7 Å². The second-order valence-corrected chi connectivity index (χ2v) is 4.76. The van der Waals surface area contributed by atoms with Gasteiger partial charge in [-0.15, -0.1) is 0 Å². The Kier molecular flexibility index (Phi) is 5.48. The highest BCUT2D eigenvalue weighted by Crippen LogP contribution is 2.15. The van der Waals surface area contributed by atoms with Crippen molar-refractivity contribution in [1.82, 2.24) is 9.97 Å². The Bertz CT molecular complexity index is 610. The summed E-state index contributed by atoms with van der Waals surface area (Å²) in [6.45, 7) is 3.29. The number of hydrogen-bond acceptors (Lipinski definition) is 6. The highest BCUT2D eigenvalue weighted by molar-refractivity contribution is 6.02. The molecular formula is C15H20N4O3. The summed E-state index contributed by atoms with van der Waals surface area (Å²) in [6, 6.07) is 3.64. The molecule has 0 aromatic carbocycles. The molecule has 0 spiro atoms. The SMILES string of the molecule is CCc1ncoc1C(=O)Nc1ccc(N(C)CCOC)nc1. The van der Waals surface area contributed by atoms with E-state index in [9.17, 15) is 4.79 Å². The van der Waals surface area contributed by atoms with Gasteiger partial charge >= 0.3 is 0 Å². The van der Waals surface area contributed by atoms with E-state index in [1.54, 1.807) is 19.4 Å². The minimum atomic E-state index is -0.323. The number of likely N-dealkylation sites (N-methyl/N-ethyl adjacent to an activating group) is 1. The molecule has 22 heavy (non-hydrogen) atoms. The van der Waals surface area contributed by atoms with Gasteiger partial charge in [0.15, 0.2) is 6.39 Å². The number of carbonyl (C=O) groups is 1. The maximum absolute atomic E-state index is 12.1. The zero-order chi connectivity index (χ0) is 15.9. The summed E-state index contributed by atoms with van der Waals surface area (Å²) in [6.07, 6.45) is 3.53. The molecule has 7 heteroatoms. The first-order valence-electron chi connectivity index (χ1n) is 7.05. The van der Waals surface area contributed by atoms with Gasteiger partial charge in [-0.1, -0.05) is 6.92 Å². The molecule has 0 atom stereocenters. The predicted octanol–water partition coefficient (Wildman–Crippen LogP) is 1.97. The van der Waals surface area contributed by atoms with E-state index in [2.05, 4.69) is 15.3 Å². The second-order valence-electron chi connectivity index (χ2n) is 4.76. The van der Waals surface area contributed by atoms with Crippen LogP contribution in [-0.4, -0.2) is 43.2 Å². The molecule has 0 aliphatic rings. The van der Waals surface area contributed by atoms with Crippen LogP contribution >= 0.6 is 0 Å². The van der Waals surface area contributed by atoms with Crippen molar-refractivity contribution >= 4 is 17.4 Å². The van der Waals surface area contributed by atoms with E-state index in [1.807, 2.05) is 24.9 Å². The number of oxazole rings is 1. The van der Waals surface area contributed by atoms with E-state index in [1.165, 1.54) is 6.39 Å². The van der Waals surface area contributed by atoms with Crippen LogP contribution in [0, 0.1) is 0 Å². The second kappa shape index (κ2) is 7.56. The van der Waals surface area contributed by atoms with Gasteiger partial charge in [-0.05, 0) is 18.6 Å². The maximum Gasteiger partial charge on any atom is 0.293 e. The summed E-state index contributed by atoms with van der Waals surface area (Å²) in [5, 5.41) is 2.75. The number of amides is 1. The van der Waals surface area contributed by atoms with Crippen LogP contribution < -0.4 is 10.2 Å². The number of nitrogens with one attached hydrogen (secondary N) is 1. The Hall–Kier alpha value is -2.41. The molecule has 0 aliphatic heterocycles. The third kappa shape index (κ3) is 3.82. The molecule has 2 aromatic heterocycles. The number of aromatic nitrogens is 2. The highest BCUT2D eigenvalue weighted by Gasteiger charge is 2.16. The first kappa shape index (κ1) is 16.0. The van der Waals surface area contributed by atoms with Crippen molar-refractivity contribution in [3.05, 3.63) is 36.2 Å². The standard InChI is InChI=1S/C15H20N4O3/c1-4-12-14(22-10-17-12)15(20)18-11-5-6-13(16-9-11)19(2)7-8-21-3/h5-6,9-10H,4,7-8H2,1-3H3,(H,18,20). The minimum absolute atomic E-state index is 0.240. The summed E-state index contributed by atoms with van der Waals surface area (Å²) < 4.78 is 10.2. The molecule has 0 fully saturated rings. The molecule has 0 aliphatic carbocycles. The highest BCUT2D eigenvalue weighted by atomic mass is 16.5. The molecule has 7 nitrogen and oxygen atoms in total. The lowest BCUT2D eigenvalue weighted by Crippen LogP contribution is -2.23. The molecule has 2 rings (SSSR count). The molecule has 2 heterocycles. The number of ether oxygens (including phenoxy) is 1. The first-order valence-corrected chi connectivity index (χ1v) is 7.05. The molecule has 0 saturated heterocycles. The van der Waals surface area contributed by atoms with Gasteiger partial charge in [0.25, 0.3) is 5.91 Å². The fraction of sp³-hybridized carbons (Fsp3) is 0.400. The Labute approximate surface area is 129 Å². The summed E-state index contributed by atoms with van der Waals surface area (Å²) >= 11 is 0. The van der Waals surface area contributed by atoms with Crippen molar-refractivity contribution in [2.45, 2.75) is 13.3 Å². The molecule has 2 aromatic rings. The summed E-state index contributed by atoms with van der Waals surface area (Å²) in [4.78, 5) is 22.4. The number of pyridine rings is 1. The summed E-state index contributed by atoms with van der Waals surface area (Å²) in [5.74, 6) is 0.726. The number of methoxy groups -OCH3 is 1. The Morgan fingerprint density at radius 1 is 1.41 bits per heavy atom. The largest absolute Gasteiger partial charge is 0.438 e. The van der Waals surface area contributed by atoms with Gasteiger partial charge < -0.3 is 19.4 Å². The van der Waals surface area contributed by atoms with Crippen molar-refractivity contribution < 1.29 is 13.9 Å². The molecule has 1 N–H and O–H groups in total. The van der Waals surface area contributed by atoms with Crippen molar-refractivity contribution in [3.8, 4) is 0 Å². The molecular weight excluding hydrogens is 284 g/mol. The minimum Gasteiger partial charge on any atom is -0.438 e. The van der Waals surface area contributed by atoms with E-state index in [0.717, 1.165) is 12.4 Å². The first-order chi connectivity index (χ1) is 10.7. The zero-order valence-corrected chi connectivity index (χ0v) is 13.0. The van der Waals surface area contributed by atoms with Crippen LogP contribution in [0.15, 0.2) is 29.1 Å². The van der Waals surface area contributed by atoms with E-state index >= 15 is 0 Å². The quantitative estimate of drug-likeness (QED) is 0.842. The maximum atomic E-state index is 12.1. The fourth-order valence-electron chi connectivity index (χ4n) is 1.92. The number of nitrogens with zero attached hydrogens (tertiary/aromatic N) is 3. The van der Waals surface area contributed by atoms with Crippen molar-refractivity contribution in [2.24, 2.45) is 0 Å². The molecule has 0 unspecified atom stereocenters. The lowest BCUT2D eigenvalue weighted by atomic mass is 10.2. The number of anilines is 2. The van der Waals surface area contributed by atoms with Crippen LogP contribution in [0.25, 0.3) is 0 Å². The third-order valence-electron chi connectivity index (χ3n) is 3.21. The van der Waals surface area contributed by atoms with Crippen molar-refractivity contribution in [1.29, 1.82) is 0 Å². The Morgan fingerprint density at radius 2 is 2.23 bits per heavy atom. The molecule has 118 valence electrons. The van der Waals surface area contributed by atoms with Gasteiger partial charge in [-0.25, -0.2) is 9.97 Å².